The van der Waals surface area contributed by atoms with Crippen molar-refractivity contribution in [2.24, 2.45) is 5.73 Å². The first-order valence-corrected chi connectivity index (χ1v) is 6.04. The first-order valence-electron chi connectivity index (χ1n) is 6.04. The second-order valence-corrected chi connectivity index (χ2v) is 4.32. The lowest BCUT2D eigenvalue weighted by Crippen LogP contribution is -2.54. The van der Waals surface area contributed by atoms with Gasteiger partial charge in [-0.2, -0.15) is 0 Å². The molecule has 2 amide bonds. The largest absolute Gasteiger partial charge is 0.481 e. The molecular weight excluding hydrogens is 254 g/mol. The van der Waals surface area contributed by atoms with Gasteiger partial charge < -0.3 is 25.4 Å². The number of amides is 2. The van der Waals surface area contributed by atoms with E-state index in [1.807, 2.05) is 0 Å². The Morgan fingerprint density at radius 1 is 1.21 bits per heavy atom. The summed E-state index contributed by atoms with van der Waals surface area (Å²) in [6, 6.07) is -0.805. The summed E-state index contributed by atoms with van der Waals surface area (Å²) in [5, 5.41) is 8.54. The first kappa shape index (κ1) is 15.2. The first-order chi connectivity index (χ1) is 8.95. The number of nitrogens with two attached hydrogens (primary N) is 1. The molecule has 1 heterocycles. The van der Waals surface area contributed by atoms with Crippen LogP contribution in [0.2, 0.25) is 0 Å². The molecule has 1 saturated heterocycles. The van der Waals surface area contributed by atoms with Crippen LogP contribution in [0.5, 0.6) is 0 Å². The standard InChI is InChI=1S/C11H19N3O5/c1-19-11(18)14-6-4-13(5-7-14)10(17)8(12)2-3-9(15)16/h8H,2-7,12H2,1H3,(H,15,16). The fourth-order valence-corrected chi connectivity index (χ4v) is 1.88. The molecule has 1 aliphatic heterocycles. The number of methoxy groups -OCH3 is 1. The second kappa shape index (κ2) is 6.93. The van der Waals surface area contributed by atoms with E-state index in [1.165, 1.54) is 12.0 Å². The molecule has 108 valence electrons. The zero-order valence-corrected chi connectivity index (χ0v) is 10.9. The Morgan fingerprint density at radius 3 is 2.21 bits per heavy atom. The summed E-state index contributed by atoms with van der Waals surface area (Å²) in [7, 11) is 1.31. The van der Waals surface area contributed by atoms with Gasteiger partial charge in [-0.15, -0.1) is 0 Å². The van der Waals surface area contributed by atoms with Gasteiger partial charge in [0.05, 0.1) is 13.2 Å². The van der Waals surface area contributed by atoms with Gasteiger partial charge in [0.1, 0.15) is 0 Å². The van der Waals surface area contributed by atoms with Gasteiger partial charge in [-0.05, 0) is 6.42 Å². The number of hydrogen-bond donors (Lipinski definition) is 2. The predicted octanol–water partition coefficient (Wildman–Crippen LogP) is -0.911. The highest BCUT2D eigenvalue weighted by molar-refractivity contribution is 5.82. The molecule has 1 unspecified atom stereocenters. The van der Waals surface area contributed by atoms with E-state index < -0.39 is 18.1 Å². The van der Waals surface area contributed by atoms with Crippen LogP contribution in [0.25, 0.3) is 0 Å². The van der Waals surface area contributed by atoms with E-state index in [1.54, 1.807) is 4.90 Å². The number of carbonyl (C=O) groups is 3. The zero-order valence-electron chi connectivity index (χ0n) is 10.9. The van der Waals surface area contributed by atoms with Crippen molar-refractivity contribution in [3.05, 3.63) is 0 Å². The number of hydrogen-bond acceptors (Lipinski definition) is 5. The van der Waals surface area contributed by atoms with Crippen LogP contribution in [-0.2, 0) is 14.3 Å². The Labute approximate surface area is 111 Å². The Balaban J connectivity index is 2.40. The molecule has 0 radical (unpaired) electrons. The highest BCUT2D eigenvalue weighted by Gasteiger charge is 2.27. The van der Waals surface area contributed by atoms with Gasteiger partial charge >= 0.3 is 12.1 Å². The van der Waals surface area contributed by atoms with E-state index in [9.17, 15) is 14.4 Å². The average Bonchev–Trinajstić information content (AvgIpc) is 2.43. The van der Waals surface area contributed by atoms with Crippen molar-refractivity contribution in [3.63, 3.8) is 0 Å². The molecule has 0 aliphatic carbocycles. The van der Waals surface area contributed by atoms with Gasteiger partial charge in [0.25, 0.3) is 0 Å². The number of nitrogens with zero attached hydrogens (tertiary/aromatic N) is 2. The highest BCUT2D eigenvalue weighted by atomic mass is 16.5. The van der Waals surface area contributed by atoms with E-state index in [4.69, 9.17) is 10.8 Å². The summed E-state index contributed by atoms with van der Waals surface area (Å²) >= 11 is 0. The number of ether oxygens (including phenoxy) is 1. The van der Waals surface area contributed by atoms with E-state index in [0.717, 1.165) is 0 Å². The van der Waals surface area contributed by atoms with Crippen LogP contribution in [0, 0.1) is 0 Å². The maximum Gasteiger partial charge on any atom is 0.409 e. The van der Waals surface area contributed by atoms with Crippen LogP contribution in [0.1, 0.15) is 12.8 Å². The van der Waals surface area contributed by atoms with Gasteiger partial charge in [-0.1, -0.05) is 0 Å². The van der Waals surface area contributed by atoms with Gasteiger partial charge in [0.15, 0.2) is 0 Å². The van der Waals surface area contributed by atoms with Crippen LogP contribution in [0.15, 0.2) is 0 Å². The molecule has 1 aliphatic rings. The third kappa shape index (κ3) is 4.40. The Hall–Kier alpha value is -1.83. The van der Waals surface area contributed by atoms with Crippen molar-refractivity contribution in [1.29, 1.82) is 0 Å². The molecule has 0 aromatic rings. The lowest BCUT2D eigenvalue weighted by Gasteiger charge is -2.35. The number of carboxylic acid groups (broad SMARTS) is 1. The smallest absolute Gasteiger partial charge is 0.409 e. The van der Waals surface area contributed by atoms with Crippen LogP contribution in [0.4, 0.5) is 4.79 Å². The SMILES string of the molecule is COC(=O)N1CCN(C(=O)C(N)CCC(=O)O)CC1. The molecule has 0 saturated carbocycles. The second-order valence-electron chi connectivity index (χ2n) is 4.32. The summed E-state index contributed by atoms with van der Waals surface area (Å²) in [5.74, 6) is -1.25. The van der Waals surface area contributed by atoms with Crippen LogP contribution in [0.3, 0.4) is 0 Å². The fourth-order valence-electron chi connectivity index (χ4n) is 1.88. The number of carboxylic acids is 1. The predicted molar refractivity (Wildman–Crippen MR) is 65.4 cm³/mol. The summed E-state index contributed by atoms with van der Waals surface area (Å²) < 4.78 is 4.59. The van der Waals surface area contributed by atoms with E-state index in [2.05, 4.69) is 4.74 Å². The quantitative estimate of drug-likeness (QED) is 0.685. The highest BCUT2D eigenvalue weighted by Crippen LogP contribution is 2.07. The van der Waals surface area contributed by atoms with Crippen LogP contribution in [-0.4, -0.2) is 72.2 Å². The lowest BCUT2D eigenvalue weighted by atomic mass is 10.1. The number of rotatable bonds is 4. The van der Waals surface area contributed by atoms with Crippen molar-refractivity contribution >= 4 is 18.0 Å². The van der Waals surface area contributed by atoms with Crippen molar-refractivity contribution in [2.45, 2.75) is 18.9 Å². The maximum atomic E-state index is 11.9. The number of aliphatic carboxylic acids is 1. The zero-order chi connectivity index (χ0) is 14.4. The number of piperazine rings is 1. The Kier molecular flexibility index (Phi) is 5.56. The van der Waals surface area contributed by atoms with E-state index >= 15 is 0 Å². The van der Waals surface area contributed by atoms with Crippen molar-refractivity contribution in [3.8, 4) is 0 Å². The molecule has 1 fully saturated rings. The van der Waals surface area contributed by atoms with Crippen LogP contribution >= 0.6 is 0 Å². The molecule has 0 bridgehead atoms. The molecular formula is C11H19N3O5. The molecule has 0 spiro atoms. The van der Waals surface area contributed by atoms with Gasteiger partial charge in [0, 0.05) is 32.6 Å². The summed E-state index contributed by atoms with van der Waals surface area (Å²) in [6.07, 6.45) is -0.428. The average molecular weight is 273 g/mol. The third-order valence-electron chi connectivity index (χ3n) is 3.01. The van der Waals surface area contributed by atoms with Crippen molar-refractivity contribution < 1.29 is 24.2 Å². The summed E-state index contributed by atoms with van der Waals surface area (Å²) in [4.78, 5) is 36.7. The van der Waals surface area contributed by atoms with Crippen molar-refractivity contribution in [1.82, 2.24) is 9.80 Å². The molecule has 0 aromatic carbocycles. The lowest BCUT2D eigenvalue weighted by molar-refractivity contribution is -0.138. The van der Waals surface area contributed by atoms with E-state index in [-0.39, 0.29) is 18.7 Å². The molecule has 19 heavy (non-hydrogen) atoms. The molecule has 8 heteroatoms. The molecule has 1 atom stereocenters. The maximum absolute atomic E-state index is 11.9. The summed E-state index contributed by atoms with van der Waals surface area (Å²) in [6.45, 7) is 1.55. The normalized spacial score (nSPS) is 16.9. The third-order valence-corrected chi connectivity index (χ3v) is 3.01. The van der Waals surface area contributed by atoms with Gasteiger partial charge in [0.2, 0.25) is 5.91 Å². The van der Waals surface area contributed by atoms with Crippen LogP contribution < -0.4 is 5.73 Å². The molecule has 1 rings (SSSR count). The van der Waals surface area contributed by atoms with Gasteiger partial charge in [-0.25, -0.2) is 4.79 Å². The fraction of sp³-hybridized carbons (Fsp3) is 0.727. The topological polar surface area (TPSA) is 113 Å². The molecule has 0 aromatic heterocycles. The monoisotopic (exact) mass is 273 g/mol. The minimum Gasteiger partial charge on any atom is -0.481 e. The van der Waals surface area contributed by atoms with Crippen molar-refractivity contribution in [2.75, 3.05) is 33.3 Å². The Morgan fingerprint density at radius 2 is 1.74 bits per heavy atom. The summed E-state index contributed by atoms with van der Waals surface area (Å²) in [5.41, 5.74) is 5.66. The Bertz CT molecular complexity index is 352. The molecule has 8 nitrogen and oxygen atoms in total. The minimum atomic E-state index is -0.973. The molecule has 3 N–H and O–H groups in total. The minimum absolute atomic E-state index is 0.116. The number of carbonyl (C=O) groups excluding carboxylic acids is 2. The van der Waals surface area contributed by atoms with Gasteiger partial charge in [-0.3, -0.25) is 9.59 Å². The van der Waals surface area contributed by atoms with E-state index in [0.29, 0.717) is 26.2 Å².